The van der Waals surface area contributed by atoms with E-state index in [9.17, 15) is 19.5 Å². The SMILES string of the molecule is O=CN(C[C@H](NC(=O)OCc1ccccc1)C(=O)O)c1cc(OCCNC2=NCCN2)no1. The minimum absolute atomic E-state index is 0.0303. The number of rotatable bonds is 12. The minimum Gasteiger partial charge on any atom is -0.480 e. The highest BCUT2D eigenvalue weighted by Gasteiger charge is 2.26. The maximum Gasteiger partial charge on any atom is 0.408 e. The molecule has 0 saturated carbocycles. The Morgan fingerprint density at radius 1 is 1.33 bits per heavy atom. The number of benzene rings is 1. The van der Waals surface area contributed by atoms with E-state index in [1.165, 1.54) is 6.07 Å². The van der Waals surface area contributed by atoms with E-state index in [-0.39, 0.29) is 25.0 Å². The molecular formula is C20H24N6O7. The molecule has 13 heteroatoms. The maximum absolute atomic E-state index is 12.0. The number of amides is 2. The molecule has 33 heavy (non-hydrogen) atoms. The first-order valence-electron chi connectivity index (χ1n) is 10.1. The smallest absolute Gasteiger partial charge is 0.408 e. The Hall–Kier alpha value is -4.29. The van der Waals surface area contributed by atoms with Crippen LogP contribution in [0.15, 0.2) is 45.9 Å². The van der Waals surface area contributed by atoms with Gasteiger partial charge in [0, 0.05) is 6.54 Å². The Morgan fingerprint density at radius 2 is 2.15 bits per heavy atom. The number of carboxylic acids is 1. The van der Waals surface area contributed by atoms with Gasteiger partial charge in [-0.15, -0.1) is 0 Å². The molecule has 13 nitrogen and oxygen atoms in total. The summed E-state index contributed by atoms with van der Waals surface area (Å²) in [5.74, 6) is -0.590. The lowest BCUT2D eigenvalue weighted by atomic mass is 10.2. The van der Waals surface area contributed by atoms with Crippen molar-refractivity contribution in [3.8, 4) is 5.88 Å². The molecule has 0 saturated heterocycles. The molecule has 1 aliphatic heterocycles. The third-order valence-corrected chi connectivity index (χ3v) is 4.39. The Kier molecular flexibility index (Phi) is 8.45. The summed E-state index contributed by atoms with van der Waals surface area (Å²) in [6, 6.07) is 8.80. The number of carbonyl (C=O) groups is 3. The number of carbonyl (C=O) groups excluding carboxylic acids is 2. The van der Waals surface area contributed by atoms with Gasteiger partial charge in [-0.05, 0) is 10.7 Å². The largest absolute Gasteiger partial charge is 0.480 e. The van der Waals surface area contributed by atoms with Gasteiger partial charge in [-0.3, -0.25) is 14.7 Å². The highest BCUT2D eigenvalue weighted by molar-refractivity contribution is 5.83. The van der Waals surface area contributed by atoms with Gasteiger partial charge in [0.25, 0.3) is 5.88 Å². The van der Waals surface area contributed by atoms with Crippen LogP contribution in [0.25, 0.3) is 0 Å². The number of alkyl carbamates (subject to hydrolysis) is 1. The summed E-state index contributed by atoms with van der Waals surface area (Å²) < 4.78 is 15.5. The molecule has 1 aliphatic rings. The van der Waals surface area contributed by atoms with Crippen LogP contribution in [0.1, 0.15) is 5.56 Å². The van der Waals surface area contributed by atoms with Crippen LogP contribution in [0.2, 0.25) is 0 Å². The fraction of sp³-hybridized carbons (Fsp3) is 0.350. The molecule has 0 fully saturated rings. The average Bonchev–Trinajstić information content (AvgIpc) is 3.51. The van der Waals surface area contributed by atoms with Crippen molar-refractivity contribution in [1.29, 1.82) is 0 Å². The monoisotopic (exact) mass is 460 g/mol. The third kappa shape index (κ3) is 7.41. The van der Waals surface area contributed by atoms with E-state index in [4.69, 9.17) is 14.0 Å². The Bertz CT molecular complexity index is 965. The van der Waals surface area contributed by atoms with Crippen molar-refractivity contribution in [3.63, 3.8) is 0 Å². The second kappa shape index (κ2) is 11.9. The van der Waals surface area contributed by atoms with Gasteiger partial charge < -0.3 is 35.1 Å². The molecule has 176 valence electrons. The van der Waals surface area contributed by atoms with E-state index in [1.807, 2.05) is 6.07 Å². The molecule has 2 amide bonds. The lowest BCUT2D eigenvalue weighted by Gasteiger charge is -2.19. The van der Waals surface area contributed by atoms with Crippen molar-refractivity contribution in [2.45, 2.75) is 12.6 Å². The van der Waals surface area contributed by atoms with Gasteiger partial charge in [-0.25, -0.2) is 9.59 Å². The number of ether oxygens (including phenoxy) is 2. The second-order valence-corrected chi connectivity index (χ2v) is 6.79. The van der Waals surface area contributed by atoms with Crippen molar-refractivity contribution in [2.75, 3.05) is 37.7 Å². The number of aromatic nitrogens is 1. The predicted molar refractivity (Wildman–Crippen MR) is 115 cm³/mol. The first-order chi connectivity index (χ1) is 16.0. The molecule has 1 aromatic heterocycles. The molecule has 2 aromatic rings. The van der Waals surface area contributed by atoms with Crippen LogP contribution < -0.4 is 25.6 Å². The molecule has 2 heterocycles. The first kappa shape index (κ1) is 23.4. The van der Waals surface area contributed by atoms with Crippen LogP contribution >= 0.6 is 0 Å². The molecule has 0 unspecified atom stereocenters. The van der Waals surface area contributed by atoms with Crippen molar-refractivity contribution in [2.24, 2.45) is 4.99 Å². The zero-order valence-corrected chi connectivity index (χ0v) is 17.6. The molecule has 0 radical (unpaired) electrons. The molecule has 1 aromatic carbocycles. The van der Waals surface area contributed by atoms with Gasteiger partial charge in [-0.2, -0.15) is 0 Å². The van der Waals surface area contributed by atoms with Gasteiger partial charge in [-0.1, -0.05) is 30.3 Å². The Labute approximate surface area is 188 Å². The fourth-order valence-electron chi connectivity index (χ4n) is 2.77. The Morgan fingerprint density at radius 3 is 2.85 bits per heavy atom. The lowest BCUT2D eigenvalue weighted by molar-refractivity contribution is -0.139. The van der Waals surface area contributed by atoms with E-state index in [1.54, 1.807) is 24.3 Å². The van der Waals surface area contributed by atoms with Gasteiger partial charge >= 0.3 is 12.1 Å². The maximum atomic E-state index is 12.0. The number of anilines is 1. The normalized spacial score (nSPS) is 13.3. The molecular weight excluding hydrogens is 436 g/mol. The highest BCUT2D eigenvalue weighted by atomic mass is 16.6. The molecule has 0 bridgehead atoms. The number of nitrogens with one attached hydrogen (secondary N) is 3. The van der Waals surface area contributed by atoms with Crippen LogP contribution in [0.3, 0.4) is 0 Å². The van der Waals surface area contributed by atoms with E-state index in [2.05, 4.69) is 26.1 Å². The number of hydrogen-bond acceptors (Lipinski definition) is 10. The third-order valence-electron chi connectivity index (χ3n) is 4.39. The number of guanidine groups is 1. The van der Waals surface area contributed by atoms with Gasteiger partial charge in [0.2, 0.25) is 12.3 Å². The molecule has 1 atom stereocenters. The highest BCUT2D eigenvalue weighted by Crippen LogP contribution is 2.20. The zero-order valence-electron chi connectivity index (χ0n) is 17.6. The summed E-state index contributed by atoms with van der Waals surface area (Å²) in [6.07, 6.45) is -0.574. The van der Waals surface area contributed by atoms with Crippen molar-refractivity contribution in [3.05, 3.63) is 42.0 Å². The van der Waals surface area contributed by atoms with Gasteiger partial charge in [0.1, 0.15) is 19.3 Å². The molecule has 3 rings (SSSR count). The van der Waals surface area contributed by atoms with E-state index >= 15 is 0 Å². The van der Waals surface area contributed by atoms with Gasteiger partial charge in [0.05, 0.1) is 25.7 Å². The quantitative estimate of drug-likeness (QED) is 0.249. The summed E-state index contributed by atoms with van der Waals surface area (Å²) in [5.41, 5.74) is 0.742. The van der Waals surface area contributed by atoms with E-state index in [0.29, 0.717) is 25.5 Å². The zero-order chi connectivity index (χ0) is 23.5. The topological polar surface area (TPSA) is 168 Å². The number of hydrogen-bond donors (Lipinski definition) is 4. The summed E-state index contributed by atoms with van der Waals surface area (Å²) in [6.45, 7) is 1.77. The van der Waals surface area contributed by atoms with Crippen molar-refractivity contribution in [1.82, 2.24) is 21.1 Å². The standard InChI is InChI=1S/C20H24N6O7/c27-13-26(17-10-16(25-33-17)31-9-8-23-19-21-6-7-22-19)11-15(18(28)29)24-20(30)32-12-14-4-2-1-3-5-14/h1-5,10,13,15H,6-9,11-12H2,(H,24,30)(H,28,29)(H2,21,22,23)/t15-/m0/s1. The van der Waals surface area contributed by atoms with Gasteiger partial charge in [0.15, 0.2) is 5.96 Å². The summed E-state index contributed by atoms with van der Waals surface area (Å²) in [5, 5.41) is 21.4. The minimum atomic E-state index is -1.45. The predicted octanol–water partition coefficient (Wildman–Crippen LogP) is -0.0554. The van der Waals surface area contributed by atoms with Crippen LogP contribution in [0.5, 0.6) is 5.88 Å². The lowest BCUT2D eigenvalue weighted by Crippen LogP contribution is -2.48. The van der Waals surface area contributed by atoms with Crippen molar-refractivity contribution < 1.29 is 33.5 Å². The average molecular weight is 460 g/mol. The van der Waals surface area contributed by atoms with E-state index in [0.717, 1.165) is 17.0 Å². The van der Waals surface area contributed by atoms with Crippen molar-refractivity contribution >= 4 is 30.3 Å². The van der Waals surface area contributed by atoms with Crippen LogP contribution in [-0.4, -0.2) is 73.5 Å². The van der Waals surface area contributed by atoms with E-state index < -0.39 is 24.6 Å². The summed E-state index contributed by atoms with van der Waals surface area (Å²) in [7, 11) is 0. The second-order valence-electron chi connectivity index (χ2n) is 6.79. The molecule has 0 spiro atoms. The first-order valence-corrected chi connectivity index (χ1v) is 10.1. The summed E-state index contributed by atoms with van der Waals surface area (Å²) >= 11 is 0. The number of aliphatic carboxylic acids is 1. The number of carboxylic acid groups (broad SMARTS) is 1. The van der Waals surface area contributed by atoms with Crippen LogP contribution in [-0.2, 0) is 20.9 Å². The van der Waals surface area contributed by atoms with Crippen LogP contribution in [0.4, 0.5) is 10.7 Å². The fourth-order valence-corrected chi connectivity index (χ4v) is 2.77. The Balaban J connectivity index is 1.48. The van der Waals surface area contributed by atoms with Crippen LogP contribution in [0, 0.1) is 0 Å². The number of nitrogens with zero attached hydrogens (tertiary/aromatic N) is 3. The number of aliphatic imine (C=N–C) groups is 1. The molecule has 4 N–H and O–H groups in total. The molecule has 0 aliphatic carbocycles. The summed E-state index contributed by atoms with van der Waals surface area (Å²) in [4.78, 5) is 40.2.